The van der Waals surface area contributed by atoms with E-state index in [9.17, 15) is 15.3 Å². The van der Waals surface area contributed by atoms with Crippen LogP contribution in [0.1, 0.15) is 40.0 Å². The van der Waals surface area contributed by atoms with E-state index >= 15 is 0 Å². The van der Waals surface area contributed by atoms with Gasteiger partial charge in [-0.05, 0) is 37.2 Å². The third-order valence-electron chi connectivity index (χ3n) is 4.87. The molecule has 0 heterocycles. The van der Waals surface area contributed by atoms with Crippen molar-refractivity contribution in [1.29, 1.82) is 0 Å². The zero-order valence-electron chi connectivity index (χ0n) is 11.5. The summed E-state index contributed by atoms with van der Waals surface area (Å²) in [6.45, 7) is 5.83. The van der Waals surface area contributed by atoms with Gasteiger partial charge in [0.15, 0.2) is 0 Å². The van der Waals surface area contributed by atoms with Gasteiger partial charge in [0.25, 0.3) is 0 Å². The van der Waals surface area contributed by atoms with Crippen molar-refractivity contribution in [3.63, 3.8) is 0 Å². The molecule has 1 fully saturated rings. The van der Waals surface area contributed by atoms with Gasteiger partial charge in [-0.1, -0.05) is 32.1 Å². The van der Waals surface area contributed by atoms with E-state index in [1.807, 2.05) is 6.08 Å². The highest BCUT2D eigenvalue weighted by Crippen LogP contribution is 2.59. The van der Waals surface area contributed by atoms with Gasteiger partial charge in [-0.15, -0.1) is 0 Å². The van der Waals surface area contributed by atoms with E-state index in [4.69, 9.17) is 0 Å². The fourth-order valence-electron chi connectivity index (χ4n) is 3.33. The molecule has 0 aromatic heterocycles. The van der Waals surface area contributed by atoms with Crippen LogP contribution in [0.4, 0.5) is 0 Å². The summed E-state index contributed by atoms with van der Waals surface area (Å²) < 4.78 is 0. The van der Waals surface area contributed by atoms with Gasteiger partial charge < -0.3 is 15.3 Å². The van der Waals surface area contributed by atoms with Crippen LogP contribution in [0.15, 0.2) is 23.8 Å². The Morgan fingerprint density at radius 3 is 2.44 bits per heavy atom. The molecule has 3 atom stereocenters. The van der Waals surface area contributed by atoms with Gasteiger partial charge in [-0.25, -0.2) is 0 Å². The molecule has 0 radical (unpaired) electrons. The van der Waals surface area contributed by atoms with Crippen molar-refractivity contribution >= 4 is 0 Å². The first kappa shape index (κ1) is 13.8. The van der Waals surface area contributed by atoms with Crippen molar-refractivity contribution in [2.75, 3.05) is 6.61 Å². The van der Waals surface area contributed by atoms with E-state index in [-0.39, 0.29) is 17.9 Å². The van der Waals surface area contributed by atoms with E-state index in [0.29, 0.717) is 12.8 Å². The molecule has 1 saturated carbocycles. The molecule has 0 bridgehead atoms. The number of aliphatic hydroxyl groups excluding tert-OH is 1. The Morgan fingerprint density at radius 1 is 1.22 bits per heavy atom. The highest BCUT2D eigenvalue weighted by atomic mass is 16.3. The summed E-state index contributed by atoms with van der Waals surface area (Å²) in [6.07, 6.45) is 7.34. The lowest BCUT2D eigenvalue weighted by molar-refractivity contribution is -0.197. The highest BCUT2D eigenvalue weighted by Gasteiger charge is 2.60. The first-order valence-electron chi connectivity index (χ1n) is 6.66. The maximum Gasteiger partial charge on any atom is 0.0803 e. The Balaban J connectivity index is 2.36. The monoisotopic (exact) mass is 252 g/mol. The van der Waals surface area contributed by atoms with Crippen molar-refractivity contribution in [3.05, 3.63) is 23.8 Å². The first-order chi connectivity index (χ1) is 8.22. The average Bonchev–Trinajstić information content (AvgIpc) is 2.32. The normalized spacial score (nSPS) is 47.7. The van der Waals surface area contributed by atoms with Crippen LogP contribution in [0, 0.1) is 11.3 Å². The summed E-state index contributed by atoms with van der Waals surface area (Å²) in [5.41, 5.74) is -1.01. The Labute approximate surface area is 109 Å². The topological polar surface area (TPSA) is 60.7 Å². The zero-order chi connectivity index (χ0) is 13.6. The van der Waals surface area contributed by atoms with E-state index in [0.717, 1.165) is 12.0 Å². The SMILES string of the molecule is CC1(C)CC2/C(CO)=C\C=C/[C@@](C)(O)CC[C@]21O. The molecule has 3 heteroatoms. The van der Waals surface area contributed by atoms with E-state index < -0.39 is 11.2 Å². The maximum absolute atomic E-state index is 10.9. The van der Waals surface area contributed by atoms with Gasteiger partial charge >= 0.3 is 0 Å². The Morgan fingerprint density at radius 2 is 1.89 bits per heavy atom. The smallest absolute Gasteiger partial charge is 0.0803 e. The van der Waals surface area contributed by atoms with E-state index in [1.54, 1.807) is 19.1 Å². The van der Waals surface area contributed by atoms with Gasteiger partial charge in [0, 0.05) is 5.92 Å². The van der Waals surface area contributed by atoms with Crippen LogP contribution in [0.2, 0.25) is 0 Å². The Hall–Kier alpha value is -0.640. The van der Waals surface area contributed by atoms with Gasteiger partial charge in [-0.2, -0.15) is 0 Å². The van der Waals surface area contributed by atoms with Crippen molar-refractivity contribution in [2.24, 2.45) is 11.3 Å². The predicted molar refractivity (Wildman–Crippen MR) is 71.0 cm³/mol. The molecule has 1 unspecified atom stereocenters. The van der Waals surface area contributed by atoms with Crippen molar-refractivity contribution < 1.29 is 15.3 Å². The minimum atomic E-state index is -0.895. The number of rotatable bonds is 1. The number of hydrogen-bond donors (Lipinski definition) is 3. The average molecular weight is 252 g/mol. The lowest BCUT2D eigenvalue weighted by Crippen LogP contribution is -2.62. The standard InChI is InChI=1S/C15H24O3/c1-13(2)9-12-11(10-16)5-4-6-14(3,17)7-8-15(12,13)18/h4-6,12,16-18H,7-10H2,1-3H3/b6-4-,11-5-/t12?,14-,15+/m1/s1. The van der Waals surface area contributed by atoms with Gasteiger partial charge in [0.1, 0.15) is 0 Å². The third-order valence-corrected chi connectivity index (χ3v) is 4.87. The molecule has 0 aromatic rings. The highest BCUT2D eigenvalue weighted by molar-refractivity contribution is 5.28. The molecule has 0 spiro atoms. The van der Waals surface area contributed by atoms with E-state index in [2.05, 4.69) is 13.8 Å². The fourth-order valence-corrected chi connectivity index (χ4v) is 3.33. The molecule has 0 aliphatic heterocycles. The summed E-state index contributed by atoms with van der Waals surface area (Å²) in [5.74, 6) is 0.0102. The molecular formula is C15H24O3. The lowest BCUT2D eigenvalue weighted by Gasteiger charge is -2.60. The molecule has 0 saturated heterocycles. The molecular weight excluding hydrogens is 228 g/mol. The number of aliphatic hydroxyl groups is 3. The lowest BCUT2D eigenvalue weighted by atomic mass is 9.48. The summed E-state index contributed by atoms with van der Waals surface area (Å²) in [7, 11) is 0. The summed E-state index contributed by atoms with van der Waals surface area (Å²) in [5, 5.41) is 30.6. The molecule has 102 valence electrons. The summed E-state index contributed by atoms with van der Waals surface area (Å²) >= 11 is 0. The van der Waals surface area contributed by atoms with Gasteiger partial charge in [-0.3, -0.25) is 0 Å². The second-order valence-corrected chi connectivity index (χ2v) is 6.68. The predicted octanol–water partition coefficient (Wildman–Crippen LogP) is 1.78. The molecule has 3 nitrogen and oxygen atoms in total. The maximum atomic E-state index is 10.9. The second-order valence-electron chi connectivity index (χ2n) is 6.68. The van der Waals surface area contributed by atoms with Crippen LogP contribution in [-0.4, -0.2) is 33.1 Å². The Bertz CT molecular complexity index is 393. The second kappa shape index (κ2) is 4.19. The van der Waals surface area contributed by atoms with Crippen LogP contribution in [0.5, 0.6) is 0 Å². The van der Waals surface area contributed by atoms with Crippen molar-refractivity contribution in [3.8, 4) is 0 Å². The molecule has 0 aromatic carbocycles. The van der Waals surface area contributed by atoms with E-state index in [1.165, 1.54) is 0 Å². The first-order valence-corrected chi connectivity index (χ1v) is 6.66. The molecule has 3 N–H and O–H groups in total. The quantitative estimate of drug-likeness (QED) is 0.666. The summed E-state index contributed by atoms with van der Waals surface area (Å²) in [4.78, 5) is 0. The third kappa shape index (κ3) is 2.04. The number of fused-ring (bicyclic) bond motifs is 1. The minimum absolute atomic E-state index is 0.0102. The van der Waals surface area contributed by atoms with Crippen molar-refractivity contribution in [2.45, 2.75) is 51.2 Å². The molecule has 0 amide bonds. The molecule has 2 aliphatic carbocycles. The van der Waals surface area contributed by atoms with Gasteiger partial charge in [0.2, 0.25) is 0 Å². The number of allylic oxidation sites excluding steroid dienone is 2. The number of hydrogen-bond acceptors (Lipinski definition) is 3. The largest absolute Gasteiger partial charge is 0.392 e. The molecule has 18 heavy (non-hydrogen) atoms. The van der Waals surface area contributed by atoms with Crippen LogP contribution in [0.3, 0.4) is 0 Å². The molecule has 2 rings (SSSR count). The summed E-state index contributed by atoms with van der Waals surface area (Å²) in [6, 6.07) is 0. The van der Waals surface area contributed by atoms with Crippen LogP contribution in [0.25, 0.3) is 0 Å². The molecule has 2 aliphatic rings. The Kier molecular flexibility index (Phi) is 3.21. The minimum Gasteiger partial charge on any atom is -0.392 e. The van der Waals surface area contributed by atoms with Crippen LogP contribution in [-0.2, 0) is 0 Å². The fraction of sp³-hybridized carbons (Fsp3) is 0.733. The van der Waals surface area contributed by atoms with Gasteiger partial charge in [0.05, 0.1) is 17.8 Å². The van der Waals surface area contributed by atoms with Crippen LogP contribution >= 0.6 is 0 Å². The zero-order valence-corrected chi connectivity index (χ0v) is 11.5. The van der Waals surface area contributed by atoms with Crippen molar-refractivity contribution in [1.82, 2.24) is 0 Å². The van der Waals surface area contributed by atoms with Crippen LogP contribution < -0.4 is 0 Å².